The van der Waals surface area contributed by atoms with Crippen molar-refractivity contribution in [3.63, 3.8) is 0 Å². The second kappa shape index (κ2) is 4.37. The van der Waals surface area contributed by atoms with Crippen molar-refractivity contribution in [3.8, 4) is 11.5 Å². The van der Waals surface area contributed by atoms with Crippen molar-refractivity contribution in [2.24, 2.45) is 11.3 Å². The van der Waals surface area contributed by atoms with E-state index in [1.165, 1.54) is 24.8 Å². The Morgan fingerprint density at radius 2 is 2.11 bits per heavy atom. The summed E-state index contributed by atoms with van der Waals surface area (Å²) < 4.78 is 6.17. The molecule has 0 radical (unpaired) electrons. The lowest BCUT2D eigenvalue weighted by Gasteiger charge is -2.67. The molecular weight excluding hydrogens is 342 g/mol. The van der Waals surface area contributed by atoms with Gasteiger partial charge in [0.25, 0.3) is 0 Å². The van der Waals surface area contributed by atoms with E-state index in [-0.39, 0.29) is 17.2 Å². The third kappa shape index (κ3) is 1.38. The van der Waals surface area contributed by atoms with Gasteiger partial charge in [0.2, 0.25) is 0 Å². The average molecular weight is 367 g/mol. The first-order valence-corrected chi connectivity index (χ1v) is 10.4. The molecule has 142 valence electrons. The van der Waals surface area contributed by atoms with Gasteiger partial charge in [-0.15, -0.1) is 0 Å². The molecule has 2 heterocycles. The second-order valence-electron chi connectivity index (χ2n) is 9.85. The maximum atomic E-state index is 12.3. The summed E-state index contributed by atoms with van der Waals surface area (Å²) in [5.74, 6) is 1.37. The number of aliphatic hydroxyl groups is 2. The minimum absolute atomic E-state index is 0.0518. The number of rotatable bonds is 2. The largest absolute Gasteiger partial charge is 0.504 e. The fourth-order valence-electron chi connectivity index (χ4n) is 7.67. The molecule has 5 aliphatic carbocycles. The smallest absolute Gasteiger partial charge is 0.165 e. The Hall–Kier alpha value is -1.56. The van der Waals surface area contributed by atoms with Crippen LogP contribution in [0.2, 0.25) is 0 Å². The van der Waals surface area contributed by atoms with Crippen LogP contribution in [0.15, 0.2) is 24.3 Å². The third-order valence-electron chi connectivity index (χ3n) is 8.89. The number of ether oxygens (including phenoxy) is 1. The van der Waals surface area contributed by atoms with Crippen LogP contribution in [-0.4, -0.2) is 57.2 Å². The molecule has 1 aromatic rings. The van der Waals surface area contributed by atoms with Gasteiger partial charge in [0.15, 0.2) is 11.5 Å². The highest BCUT2D eigenvalue weighted by Gasteiger charge is 2.86. The number of hydrogen-bond acceptors (Lipinski definition) is 5. The quantitative estimate of drug-likeness (QED) is 0.691. The molecular formula is C22H25NO4. The average Bonchev–Trinajstić information content (AvgIpc) is 3.01. The Morgan fingerprint density at radius 3 is 2.89 bits per heavy atom. The molecule has 5 heteroatoms. The van der Waals surface area contributed by atoms with E-state index < -0.39 is 23.2 Å². The SMILES string of the molecule is Oc1ccc2c3c1OC1C(O)C=CC45CN(CC6CCC6)C(C2)C4(O)C31C5. The Labute approximate surface area is 158 Å². The number of aliphatic hydroxyl groups excluding tert-OH is 1. The van der Waals surface area contributed by atoms with E-state index >= 15 is 0 Å². The topological polar surface area (TPSA) is 73.2 Å². The fourth-order valence-corrected chi connectivity index (χ4v) is 7.67. The zero-order valence-electron chi connectivity index (χ0n) is 15.3. The maximum Gasteiger partial charge on any atom is 0.165 e. The van der Waals surface area contributed by atoms with Crippen molar-refractivity contribution in [3.05, 3.63) is 35.4 Å². The normalized spacial score (nSPS) is 48.4. The summed E-state index contributed by atoms with van der Waals surface area (Å²) in [5.41, 5.74) is 0.273. The monoisotopic (exact) mass is 367 g/mol. The highest BCUT2D eigenvalue weighted by molar-refractivity contribution is 5.66. The molecule has 0 amide bonds. The molecule has 3 N–H and O–H groups in total. The van der Waals surface area contributed by atoms with Gasteiger partial charge in [-0.1, -0.05) is 24.6 Å². The van der Waals surface area contributed by atoms with E-state index in [0.29, 0.717) is 5.75 Å². The van der Waals surface area contributed by atoms with Gasteiger partial charge < -0.3 is 20.1 Å². The first-order valence-electron chi connectivity index (χ1n) is 10.4. The molecule has 7 aliphatic rings. The summed E-state index contributed by atoms with van der Waals surface area (Å²) in [7, 11) is 0. The van der Waals surface area contributed by atoms with Crippen molar-refractivity contribution >= 4 is 0 Å². The number of nitrogens with zero attached hydrogens (tertiary/aromatic N) is 1. The lowest BCUT2D eigenvalue weighted by Crippen LogP contribution is -2.80. The van der Waals surface area contributed by atoms with Gasteiger partial charge in [0.1, 0.15) is 17.8 Å². The van der Waals surface area contributed by atoms with Gasteiger partial charge in [0.05, 0.1) is 5.41 Å². The Kier molecular flexibility index (Phi) is 2.49. The summed E-state index contributed by atoms with van der Waals surface area (Å²) in [5, 5.41) is 33.6. The van der Waals surface area contributed by atoms with Crippen molar-refractivity contribution < 1.29 is 20.1 Å². The number of hydrogen-bond donors (Lipinski definition) is 3. The van der Waals surface area contributed by atoms with Crippen LogP contribution in [0.1, 0.15) is 36.8 Å². The summed E-state index contributed by atoms with van der Waals surface area (Å²) in [4.78, 5) is 2.53. The highest BCUT2D eigenvalue weighted by Crippen LogP contribution is 2.77. The van der Waals surface area contributed by atoms with Crippen LogP contribution >= 0.6 is 0 Å². The fraction of sp³-hybridized carbons (Fsp3) is 0.636. The van der Waals surface area contributed by atoms with Crippen molar-refractivity contribution in [1.82, 2.24) is 4.90 Å². The number of fused-ring (bicyclic) bond motifs is 1. The van der Waals surface area contributed by atoms with Crippen LogP contribution in [0.5, 0.6) is 11.5 Å². The Bertz CT molecular complexity index is 910. The molecule has 6 atom stereocenters. The summed E-state index contributed by atoms with van der Waals surface area (Å²) in [6.07, 6.45) is 8.14. The molecule has 2 bridgehead atoms. The van der Waals surface area contributed by atoms with Crippen LogP contribution < -0.4 is 4.74 Å². The predicted molar refractivity (Wildman–Crippen MR) is 97.8 cm³/mol. The molecule has 3 fully saturated rings. The summed E-state index contributed by atoms with van der Waals surface area (Å²) in [6.45, 7) is 1.92. The van der Waals surface area contributed by atoms with Gasteiger partial charge in [0, 0.05) is 30.1 Å². The molecule has 1 saturated heterocycles. The molecule has 1 aromatic carbocycles. The zero-order valence-corrected chi connectivity index (χ0v) is 15.3. The number of phenolic OH excluding ortho intramolecular Hbond substituents is 1. The van der Waals surface area contributed by atoms with Gasteiger partial charge in [-0.25, -0.2) is 0 Å². The number of phenols is 1. The van der Waals surface area contributed by atoms with Crippen LogP contribution in [-0.2, 0) is 11.8 Å². The minimum atomic E-state index is -0.936. The van der Waals surface area contributed by atoms with Crippen LogP contribution in [0, 0.1) is 11.3 Å². The van der Waals surface area contributed by atoms with Crippen molar-refractivity contribution in [1.29, 1.82) is 0 Å². The van der Waals surface area contributed by atoms with Gasteiger partial charge in [-0.05, 0) is 43.2 Å². The molecule has 5 nitrogen and oxygen atoms in total. The second-order valence-corrected chi connectivity index (χ2v) is 9.85. The lowest BCUT2D eigenvalue weighted by molar-refractivity contribution is -0.229. The van der Waals surface area contributed by atoms with Gasteiger partial charge in [-0.2, -0.15) is 0 Å². The van der Waals surface area contributed by atoms with Crippen LogP contribution in [0.25, 0.3) is 0 Å². The molecule has 2 spiro atoms. The first-order chi connectivity index (χ1) is 13.0. The van der Waals surface area contributed by atoms with E-state index in [4.69, 9.17) is 4.74 Å². The van der Waals surface area contributed by atoms with Crippen LogP contribution in [0.3, 0.4) is 0 Å². The van der Waals surface area contributed by atoms with Crippen LogP contribution in [0.4, 0.5) is 0 Å². The first kappa shape index (κ1) is 15.4. The predicted octanol–water partition coefficient (Wildman–Crippen LogP) is 1.48. The number of likely N-dealkylation sites (tertiary alicyclic amines) is 1. The summed E-state index contributed by atoms with van der Waals surface area (Å²) >= 11 is 0. The van der Waals surface area contributed by atoms with E-state index in [1.807, 2.05) is 12.1 Å². The zero-order chi connectivity index (χ0) is 18.2. The minimum Gasteiger partial charge on any atom is -0.504 e. The molecule has 2 aliphatic heterocycles. The van der Waals surface area contributed by atoms with E-state index in [9.17, 15) is 15.3 Å². The number of benzene rings is 1. The maximum absolute atomic E-state index is 12.3. The molecule has 27 heavy (non-hydrogen) atoms. The van der Waals surface area contributed by atoms with E-state index in [1.54, 1.807) is 6.07 Å². The van der Waals surface area contributed by atoms with E-state index in [0.717, 1.165) is 37.4 Å². The Morgan fingerprint density at radius 1 is 1.26 bits per heavy atom. The third-order valence-corrected chi connectivity index (χ3v) is 8.89. The standard InChI is InChI=1S/C22H25NO4/c24-14-5-4-13-8-16-22(26)20(11-23(16)9-12-2-1-3-12)7-6-15(25)19-21(22,10-20)17(13)18(14)27-19/h4-7,12,15-16,19,24-26H,1-3,8-11H2. The molecule has 8 rings (SSSR count). The summed E-state index contributed by atoms with van der Waals surface area (Å²) in [6, 6.07) is 3.76. The van der Waals surface area contributed by atoms with Gasteiger partial charge in [-0.3, -0.25) is 4.90 Å². The molecule has 6 unspecified atom stereocenters. The lowest BCUT2D eigenvalue weighted by atomic mass is 9.37. The van der Waals surface area contributed by atoms with Gasteiger partial charge >= 0.3 is 0 Å². The molecule has 2 saturated carbocycles. The highest BCUT2D eigenvalue weighted by atomic mass is 16.5. The number of aromatic hydroxyl groups is 1. The van der Waals surface area contributed by atoms with Crippen molar-refractivity contribution in [2.75, 3.05) is 13.1 Å². The van der Waals surface area contributed by atoms with E-state index in [2.05, 4.69) is 11.0 Å². The molecule has 0 aromatic heterocycles. The van der Waals surface area contributed by atoms with Crippen molar-refractivity contribution in [2.45, 2.75) is 61.4 Å². The Balaban J connectivity index is 1.46.